The van der Waals surface area contributed by atoms with Gasteiger partial charge in [-0.05, 0) is 48.1 Å². The van der Waals surface area contributed by atoms with Crippen LogP contribution >= 0.6 is 0 Å². The van der Waals surface area contributed by atoms with Crippen LogP contribution in [0.25, 0.3) is 6.08 Å². The number of rotatable bonds is 5. The summed E-state index contributed by atoms with van der Waals surface area (Å²) in [4.78, 5) is 16.2. The minimum atomic E-state index is -0.454. The Labute approximate surface area is 130 Å². The van der Waals surface area contributed by atoms with Gasteiger partial charge in [0.2, 0.25) is 0 Å². The number of Topliss-reactive ketones (excluding diaryl/α,β-unsaturated/α-hetero) is 1. The number of ketones is 1. The van der Waals surface area contributed by atoms with E-state index in [1.54, 1.807) is 12.3 Å². The topological polar surface area (TPSA) is 50.2 Å². The largest absolute Gasteiger partial charge is 0.388 e. The molecular formula is C19H19NO2. The molecule has 0 atom stereocenters. The highest BCUT2D eigenvalue weighted by atomic mass is 16.3. The van der Waals surface area contributed by atoms with E-state index in [-0.39, 0.29) is 5.78 Å². The zero-order valence-corrected chi connectivity index (χ0v) is 12.7. The Balaban J connectivity index is 1.79. The minimum Gasteiger partial charge on any atom is -0.388 e. The summed E-state index contributed by atoms with van der Waals surface area (Å²) < 4.78 is 0. The molecule has 0 unspecified atom stereocenters. The lowest BCUT2D eigenvalue weighted by atomic mass is 9.99. The fraction of sp³-hybridized carbons (Fsp3) is 0.263. The average Bonchev–Trinajstić information content (AvgIpc) is 2.97. The molecule has 0 saturated heterocycles. The third-order valence-electron chi connectivity index (χ3n) is 4.14. The van der Waals surface area contributed by atoms with Gasteiger partial charge in [-0.3, -0.25) is 9.78 Å². The normalized spacial score (nSPS) is 12.9. The quantitative estimate of drug-likeness (QED) is 0.862. The molecule has 0 radical (unpaired) electrons. The lowest BCUT2D eigenvalue weighted by Gasteiger charge is -2.06. The summed E-state index contributed by atoms with van der Waals surface area (Å²) in [6.45, 7) is 1.70. The number of carbonyl (C=O) groups excluding carboxylic acids is 1. The molecule has 0 fully saturated rings. The molecule has 1 aliphatic rings. The summed E-state index contributed by atoms with van der Waals surface area (Å²) in [7, 11) is 0. The summed E-state index contributed by atoms with van der Waals surface area (Å²) in [5.74, 6) is -0.236. The van der Waals surface area contributed by atoms with Gasteiger partial charge in [-0.15, -0.1) is 0 Å². The maximum Gasteiger partial charge on any atom is 0.188 e. The van der Waals surface area contributed by atoms with Crippen molar-refractivity contribution in [3.05, 3.63) is 70.0 Å². The van der Waals surface area contributed by atoms with Gasteiger partial charge in [0.1, 0.15) is 6.61 Å². The fourth-order valence-electron chi connectivity index (χ4n) is 2.91. The lowest BCUT2D eigenvalue weighted by molar-refractivity contribution is 0.0903. The second kappa shape index (κ2) is 6.24. The highest BCUT2D eigenvalue weighted by molar-refractivity contribution is 5.99. The number of pyridine rings is 1. The molecule has 22 heavy (non-hydrogen) atoms. The maximum atomic E-state index is 11.8. The first-order chi connectivity index (χ1) is 10.7. The summed E-state index contributed by atoms with van der Waals surface area (Å²) in [5, 5.41) is 9.08. The van der Waals surface area contributed by atoms with Gasteiger partial charge in [-0.1, -0.05) is 36.8 Å². The van der Waals surface area contributed by atoms with E-state index in [1.165, 1.54) is 16.7 Å². The number of benzene rings is 1. The minimum absolute atomic E-state index is 0.236. The van der Waals surface area contributed by atoms with E-state index in [4.69, 9.17) is 5.11 Å². The van der Waals surface area contributed by atoms with Gasteiger partial charge in [0, 0.05) is 11.8 Å². The summed E-state index contributed by atoms with van der Waals surface area (Å²) in [6.07, 6.45) is 6.35. The van der Waals surface area contributed by atoms with Crippen LogP contribution in [0.1, 0.15) is 39.7 Å². The molecule has 1 N–H and O–H groups in total. The number of nitrogens with zero attached hydrogens (tertiary/aromatic N) is 1. The number of carbonyl (C=O) groups is 1. The number of aryl methyl sites for hydroxylation is 1. The molecule has 0 spiro atoms. The molecule has 1 aliphatic carbocycles. The first kappa shape index (κ1) is 14.7. The molecular weight excluding hydrogens is 274 g/mol. The molecule has 3 heteroatoms. The molecule has 1 heterocycles. The van der Waals surface area contributed by atoms with Gasteiger partial charge in [0.05, 0.1) is 5.69 Å². The van der Waals surface area contributed by atoms with Gasteiger partial charge in [0.25, 0.3) is 0 Å². The van der Waals surface area contributed by atoms with Crippen molar-refractivity contribution < 1.29 is 9.90 Å². The Morgan fingerprint density at radius 3 is 2.59 bits per heavy atom. The average molecular weight is 293 g/mol. The highest BCUT2D eigenvalue weighted by Crippen LogP contribution is 2.28. The zero-order chi connectivity index (χ0) is 15.5. The van der Waals surface area contributed by atoms with Crippen molar-refractivity contribution in [2.45, 2.75) is 26.2 Å². The van der Waals surface area contributed by atoms with Crippen molar-refractivity contribution in [1.82, 2.24) is 4.98 Å². The number of hydrogen-bond acceptors (Lipinski definition) is 3. The standard InChI is InChI=1S/C19H19NO2/c1-2-13-3-5-14(6-4-13)9-15-10-17-16(19(22)12-21)7-8-20-18(17)11-15/h3-8,11,21H,2,9-10,12H2,1H3. The SMILES string of the molecule is CCc1ccc(CC2=Cc3nccc(C(=O)CO)c3C2)cc1. The van der Waals surface area contributed by atoms with Crippen molar-refractivity contribution in [3.63, 3.8) is 0 Å². The van der Waals surface area contributed by atoms with Crippen LogP contribution in [0.5, 0.6) is 0 Å². The molecule has 0 saturated carbocycles. The van der Waals surface area contributed by atoms with Crippen LogP contribution in [0.2, 0.25) is 0 Å². The van der Waals surface area contributed by atoms with E-state index in [1.807, 2.05) is 0 Å². The molecule has 3 rings (SSSR count). The van der Waals surface area contributed by atoms with Crippen LogP contribution in [0.15, 0.2) is 42.1 Å². The summed E-state index contributed by atoms with van der Waals surface area (Å²) in [6, 6.07) is 10.4. The Morgan fingerprint density at radius 1 is 1.18 bits per heavy atom. The highest BCUT2D eigenvalue weighted by Gasteiger charge is 2.20. The summed E-state index contributed by atoms with van der Waals surface area (Å²) in [5.41, 5.74) is 6.27. The van der Waals surface area contributed by atoms with Gasteiger partial charge in [0.15, 0.2) is 5.78 Å². The van der Waals surface area contributed by atoms with Crippen molar-refractivity contribution in [2.24, 2.45) is 0 Å². The molecule has 0 bridgehead atoms. The van der Waals surface area contributed by atoms with Crippen LogP contribution in [0, 0.1) is 0 Å². The Kier molecular flexibility index (Phi) is 4.16. The first-order valence-corrected chi connectivity index (χ1v) is 7.60. The lowest BCUT2D eigenvalue weighted by Crippen LogP contribution is -2.09. The van der Waals surface area contributed by atoms with Crippen molar-refractivity contribution in [1.29, 1.82) is 0 Å². The van der Waals surface area contributed by atoms with E-state index in [9.17, 15) is 4.79 Å². The Bertz CT molecular complexity index is 730. The van der Waals surface area contributed by atoms with Crippen molar-refractivity contribution >= 4 is 11.9 Å². The smallest absolute Gasteiger partial charge is 0.188 e. The molecule has 0 aliphatic heterocycles. The first-order valence-electron chi connectivity index (χ1n) is 7.60. The molecule has 1 aromatic carbocycles. The third kappa shape index (κ3) is 2.85. The fourth-order valence-corrected chi connectivity index (χ4v) is 2.91. The van der Waals surface area contributed by atoms with Crippen LogP contribution in [0.3, 0.4) is 0 Å². The van der Waals surface area contributed by atoms with Crippen LogP contribution in [-0.4, -0.2) is 22.5 Å². The number of allylic oxidation sites excluding steroid dienone is 1. The van der Waals surface area contributed by atoms with E-state index >= 15 is 0 Å². The number of hydrogen-bond donors (Lipinski definition) is 1. The number of aliphatic hydroxyl groups excluding tert-OH is 1. The second-order valence-electron chi connectivity index (χ2n) is 5.63. The third-order valence-corrected chi connectivity index (χ3v) is 4.14. The van der Waals surface area contributed by atoms with Gasteiger partial charge in [-0.25, -0.2) is 0 Å². The van der Waals surface area contributed by atoms with E-state index < -0.39 is 6.61 Å². The van der Waals surface area contributed by atoms with Crippen LogP contribution < -0.4 is 0 Å². The van der Waals surface area contributed by atoms with E-state index in [0.717, 1.165) is 30.5 Å². The molecule has 0 amide bonds. The summed E-state index contributed by atoms with van der Waals surface area (Å²) >= 11 is 0. The molecule has 112 valence electrons. The van der Waals surface area contributed by atoms with Crippen LogP contribution in [0.4, 0.5) is 0 Å². The maximum absolute atomic E-state index is 11.8. The number of aromatic nitrogens is 1. The zero-order valence-electron chi connectivity index (χ0n) is 12.7. The van der Waals surface area contributed by atoms with E-state index in [2.05, 4.69) is 42.2 Å². The van der Waals surface area contributed by atoms with E-state index in [0.29, 0.717) is 5.56 Å². The van der Waals surface area contributed by atoms with Gasteiger partial charge in [-0.2, -0.15) is 0 Å². The Hall–Kier alpha value is -2.26. The number of aliphatic hydroxyl groups is 1. The molecule has 1 aromatic heterocycles. The monoisotopic (exact) mass is 293 g/mol. The Morgan fingerprint density at radius 2 is 1.91 bits per heavy atom. The predicted octanol–water partition coefficient (Wildman–Crippen LogP) is 3.00. The second-order valence-corrected chi connectivity index (χ2v) is 5.63. The van der Waals surface area contributed by atoms with Gasteiger partial charge >= 0.3 is 0 Å². The van der Waals surface area contributed by atoms with Crippen molar-refractivity contribution in [3.8, 4) is 0 Å². The molecule has 3 nitrogen and oxygen atoms in total. The number of fused-ring (bicyclic) bond motifs is 1. The van der Waals surface area contributed by atoms with Crippen molar-refractivity contribution in [2.75, 3.05) is 6.61 Å². The van der Waals surface area contributed by atoms with Crippen LogP contribution in [-0.2, 0) is 19.3 Å². The van der Waals surface area contributed by atoms with Gasteiger partial charge < -0.3 is 5.11 Å². The predicted molar refractivity (Wildman–Crippen MR) is 86.9 cm³/mol. The molecule has 2 aromatic rings.